The Labute approximate surface area is 123 Å². The number of piperazine rings is 1. The second-order valence-electron chi connectivity index (χ2n) is 5.67. The molecule has 1 saturated heterocycles. The molecule has 1 aliphatic heterocycles. The molecular weight excluding hydrogens is 268 g/mol. The van der Waals surface area contributed by atoms with Crippen molar-refractivity contribution in [3.05, 3.63) is 12.5 Å². The smallest absolute Gasteiger partial charge is 0.225 e. The maximum atomic E-state index is 12.0. The van der Waals surface area contributed by atoms with Gasteiger partial charge < -0.3 is 9.80 Å². The van der Waals surface area contributed by atoms with Crippen LogP contribution in [0.25, 0.3) is 11.0 Å². The minimum Gasteiger partial charge on any atom is -0.352 e. The van der Waals surface area contributed by atoms with E-state index in [9.17, 15) is 4.79 Å². The normalized spacial score (nSPS) is 16.0. The van der Waals surface area contributed by atoms with Gasteiger partial charge in [-0.25, -0.2) is 9.97 Å². The third kappa shape index (κ3) is 2.43. The molecule has 21 heavy (non-hydrogen) atoms. The van der Waals surface area contributed by atoms with Crippen molar-refractivity contribution in [2.24, 2.45) is 13.0 Å². The first kappa shape index (κ1) is 13.8. The monoisotopic (exact) mass is 288 g/mol. The van der Waals surface area contributed by atoms with Crippen LogP contribution < -0.4 is 4.90 Å². The van der Waals surface area contributed by atoms with Crippen LogP contribution >= 0.6 is 0 Å². The number of amides is 1. The van der Waals surface area contributed by atoms with Crippen LogP contribution in [0.15, 0.2) is 12.5 Å². The number of carbonyl (C=O) groups excluding carboxylic acids is 1. The maximum Gasteiger partial charge on any atom is 0.225 e. The zero-order chi connectivity index (χ0) is 15.0. The second-order valence-corrected chi connectivity index (χ2v) is 5.67. The lowest BCUT2D eigenvalue weighted by Crippen LogP contribution is -2.50. The van der Waals surface area contributed by atoms with E-state index >= 15 is 0 Å². The average Bonchev–Trinajstić information content (AvgIpc) is 2.88. The fraction of sp³-hybridized carbons (Fsp3) is 0.571. The van der Waals surface area contributed by atoms with Gasteiger partial charge in [0.05, 0.1) is 11.6 Å². The van der Waals surface area contributed by atoms with Gasteiger partial charge in [0.2, 0.25) is 5.91 Å². The van der Waals surface area contributed by atoms with Crippen LogP contribution in [0.1, 0.15) is 13.8 Å². The number of nitrogens with zero attached hydrogens (tertiary/aromatic N) is 6. The Kier molecular flexibility index (Phi) is 3.48. The SMILES string of the molecule is CC(C)C(=O)N1CCN(c2ncnc3c2cnn3C)CC1. The van der Waals surface area contributed by atoms with Gasteiger partial charge in [0, 0.05) is 39.1 Å². The minimum absolute atomic E-state index is 0.0561. The molecule has 0 atom stereocenters. The molecule has 2 aromatic rings. The van der Waals surface area contributed by atoms with Crippen molar-refractivity contribution in [2.45, 2.75) is 13.8 Å². The molecule has 0 radical (unpaired) electrons. The molecule has 7 heteroatoms. The molecule has 0 aromatic carbocycles. The molecule has 0 bridgehead atoms. The average molecular weight is 288 g/mol. The van der Waals surface area contributed by atoms with Crippen LogP contribution in [0.2, 0.25) is 0 Å². The summed E-state index contributed by atoms with van der Waals surface area (Å²) in [5.41, 5.74) is 0.834. The van der Waals surface area contributed by atoms with Gasteiger partial charge in [0.25, 0.3) is 0 Å². The number of fused-ring (bicyclic) bond motifs is 1. The number of aromatic nitrogens is 4. The molecule has 3 rings (SSSR count). The highest BCUT2D eigenvalue weighted by Crippen LogP contribution is 2.23. The van der Waals surface area contributed by atoms with E-state index in [2.05, 4.69) is 20.0 Å². The van der Waals surface area contributed by atoms with Crippen molar-refractivity contribution in [2.75, 3.05) is 31.1 Å². The van der Waals surface area contributed by atoms with E-state index < -0.39 is 0 Å². The molecule has 1 aliphatic rings. The standard InChI is InChI=1S/C14H20N6O/c1-10(2)14(21)20-6-4-19(5-7-20)13-11-8-17-18(3)12(11)15-9-16-13/h8-10H,4-7H2,1-3H3. The Morgan fingerprint density at radius 3 is 2.57 bits per heavy atom. The van der Waals surface area contributed by atoms with Crippen molar-refractivity contribution < 1.29 is 4.79 Å². The van der Waals surface area contributed by atoms with E-state index in [4.69, 9.17) is 0 Å². The van der Waals surface area contributed by atoms with E-state index in [1.165, 1.54) is 0 Å². The number of hydrogen-bond acceptors (Lipinski definition) is 5. The van der Waals surface area contributed by atoms with Gasteiger partial charge in [-0.15, -0.1) is 0 Å². The molecule has 0 N–H and O–H groups in total. The van der Waals surface area contributed by atoms with Crippen LogP contribution in [-0.4, -0.2) is 56.7 Å². The molecule has 0 saturated carbocycles. The van der Waals surface area contributed by atoms with Gasteiger partial charge in [0.1, 0.15) is 12.1 Å². The quantitative estimate of drug-likeness (QED) is 0.812. The lowest BCUT2D eigenvalue weighted by Gasteiger charge is -2.36. The van der Waals surface area contributed by atoms with Crippen LogP contribution in [0.3, 0.4) is 0 Å². The lowest BCUT2D eigenvalue weighted by atomic mass is 10.1. The van der Waals surface area contributed by atoms with Crippen LogP contribution in [-0.2, 0) is 11.8 Å². The molecule has 7 nitrogen and oxygen atoms in total. The van der Waals surface area contributed by atoms with Crippen LogP contribution in [0.4, 0.5) is 5.82 Å². The summed E-state index contributed by atoms with van der Waals surface area (Å²) in [5, 5.41) is 5.20. The van der Waals surface area contributed by atoms with E-state index in [1.807, 2.05) is 25.8 Å². The fourth-order valence-electron chi connectivity index (χ4n) is 2.71. The van der Waals surface area contributed by atoms with Gasteiger partial charge in [0.15, 0.2) is 5.65 Å². The van der Waals surface area contributed by atoms with E-state index in [0.717, 1.165) is 43.0 Å². The predicted octanol–water partition coefficient (Wildman–Crippen LogP) is 0.668. The topological polar surface area (TPSA) is 67.2 Å². The second kappa shape index (κ2) is 5.31. The zero-order valence-electron chi connectivity index (χ0n) is 12.7. The van der Waals surface area contributed by atoms with E-state index in [0.29, 0.717) is 0 Å². The minimum atomic E-state index is 0.0561. The Morgan fingerprint density at radius 1 is 1.19 bits per heavy atom. The molecule has 1 amide bonds. The molecule has 112 valence electrons. The van der Waals surface area contributed by atoms with Crippen LogP contribution in [0, 0.1) is 5.92 Å². The Balaban J connectivity index is 1.79. The summed E-state index contributed by atoms with van der Waals surface area (Å²) in [7, 11) is 1.87. The summed E-state index contributed by atoms with van der Waals surface area (Å²) < 4.78 is 1.75. The first-order valence-corrected chi connectivity index (χ1v) is 7.24. The highest BCUT2D eigenvalue weighted by atomic mass is 16.2. The maximum absolute atomic E-state index is 12.0. The summed E-state index contributed by atoms with van der Waals surface area (Å²) in [6.45, 7) is 6.95. The van der Waals surface area contributed by atoms with Crippen molar-refractivity contribution in [3.8, 4) is 0 Å². The van der Waals surface area contributed by atoms with Gasteiger partial charge in [-0.2, -0.15) is 5.10 Å². The van der Waals surface area contributed by atoms with Gasteiger partial charge in [-0.05, 0) is 0 Å². The molecule has 2 aromatic heterocycles. The predicted molar refractivity (Wildman–Crippen MR) is 79.9 cm³/mol. The largest absolute Gasteiger partial charge is 0.352 e. The summed E-state index contributed by atoms with van der Waals surface area (Å²) >= 11 is 0. The summed E-state index contributed by atoms with van der Waals surface area (Å²) in [6.07, 6.45) is 3.38. The number of hydrogen-bond donors (Lipinski definition) is 0. The van der Waals surface area contributed by atoms with Crippen LogP contribution in [0.5, 0.6) is 0 Å². The van der Waals surface area contributed by atoms with Gasteiger partial charge in [-0.1, -0.05) is 13.8 Å². The molecule has 3 heterocycles. The van der Waals surface area contributed by atoms with Crippen molar-refractivity contribution in [1.29, 1.82) is 0 Å². The summed E-state index contributed by atoms with van der Waals surface area (Å²) in [6, 6.07) is 0. The molecule has 0 unspecified atom stereocenters. The van der Waals surface area contributed by atoms with Crippen molar-refractivity contribution in [1.82, 2.24) is 24.6 Å². The van der Waals surface area contributed by atoms with Crippen molar-refractivity contribution in [3.63, 3.8) is 0 Å². The van der Waals surface area contributed by atoms with E-state index in [1.54, 1.807) is 17.2 Å². The fourth-order valence-corrected chi connectivity index (χ4v) is 2.71. The lowest BCUT2D eigenvalue weighted by molar-refractivity contribution is -0.134. The Hall–Kier alpha value is -2.18. The number of carbonyl (C=O) groups is 1. The van der Waals surface area contributed by atoms with E-state index in [-0.39, 0.29) is 11.8 Å². The highest BCUT2D eigenvalue weighted by Gasteiger charge is 2.24. The van der Waals surface area contributed by atoms with Crippen molar-refractivity contribution >= 4 is 22.8 Å². The molecule has 0 aliphatic carbocycles. The third-order valence-electron chi connectivity index (χ3n) is 3.89. The first-order chi connectivity index (χ1) is 10.1. The Morgan fingerprint density at radius 2 is 1.90 bits per heavy atom. The highest BCUT2D eigenvalue weighted by molar-refractivity contribution is 5.86. The Bertz CT molecular complexity index is 657. The van der Waals surface area contributed by atoms with Gasteiger partial charge in [-0.3, -0.25) is 9.48 Å². The number of aryl methyl sites for hydroxylation is 1. The molecule has 1 fully saturated rings. The summed E-state index contributed by atoms with van der Waals surface area (Å²) in [5.74, 6) is 1.19. The molecular formula is C14H20N6O. The third-order valence-corrected chi connectivity index (χ3v) is 3.89. The number of rotatable bonds is 2. The first-order valence-electron chi connectivity index (χ1n) is 7.24. The molecule has 0 spiro atoms. The summed E-state index contributed by atoms with van der Waals surface area (Å²) in [4.78, 5) is 24.8. The van der Waals surface area contributed by atoms with Gasteiger partial charge >= 0.3 is 0 Å². The zero-order valence-corrected chi connectivity index (χ0v) is 12.7. The number of anilines is 1.